The minimum absolute atomic E-state index is 0.0180. The third-order valence-corrected chi connectivity index (χ3v) is 3.34. The van der Waals surface area contributed by atoms with Crippen LogP contribution in [0.4, 0.5) is 0 Å². The van der Waals surface area contributed by atoms with Crippen LogP contribution in [0.25, 0.3) is 0 Å². The third kappa shape index (κ3) is 5.61. The Bertz CT molecular complexity index is 403. The van der Waals surface area contributed by atoms with Crippen molar-refractivity contribution in [3.63, 3.8) is 0 Å². The SMILES string of the molecule is CCOc1ccc(CCC(=O)N[C@@H](C)[C@@H](C)OC)cc1. The largest absolute Gasteiger partial charge is 0.494 e. The molecule has 1 N–H and O–H groups in total. The van der Waals surface area contributed by atoms with E-state index in [0.717, 1.165) is 17.7 Å². The zero-order chi connectivity index (χ0) is 15.0. The molecule has 0 heterocycles. The zero-order valence-corrected chi connectivity index (χ0v) is 12.8. The Morgan fingerprint density at radius 2 is 1.90 bits per heavy atom. The lowest BCUT2D eigenvalue weighted by atomic mass is 10.1. The van der Waals surface area contributed by atoms with Crippen LogP contribution < -0.4 is 10.1 Å². The van der Waals surface area contributed by atoms with E-state index in [0.29, 0.717) is 13.0 Å². The number of rotatable bonds is 8. The van der Waals surface area contributed by atoms with Crippen LogP contribution in [0.1, 0.15) is 32.8 Å². The summed E-state index contributed by atoms with van der Waals surface area (Å²) in [6.45, 7) is 6.51. The van der Waals surface area contributed by atoms with Gasteiger partial charge in [0.1, 0.15) is 5.75 Å². The molecule has 1 rings (SSSR count). The van der Waals surface area contributed by atoms with Crippen molar-refractivity contribution in [1.29, 1.82) is 0 Å². The summed E-state index contributed by atoms with van der Waals surface area (Å²) in [6.07, 6.45) is 1.23. The van der Waals surface area contributed by atoms with E-state index in [1.165, 1.54) is 0 Å². The number of hydrogen-bond acceptors (Lipinski definition) is 3. The Balaban J connectivity index is 2.37. The maximum atomic E-state index is 11.8. The van der Waals surface area contributed by atoms with Gasteiger partial charge in [0.2, 0.25) is 5.91 Å². The number of carbonyl (C=O) groups is 1. The lowest BCUT2D eigenvalue weighted by Crippen LogP contribution is -2.40. The molecule has 112 valence electrons. The first kappa shape index (κ1) is 16.5. The van der Waals surface area contributed by atoms with E-state index in [2.05, 4.69) is 5.32 Å². The van der Waals surface area contributed by atoms with Gasteiger partial charge in [0.15, 0.2) is 0 Å². The van der Waals surface area contributed by atoms with Crippen LogP contribution >= 0.6 is 0 Å². The highest BCUT2D eigenvalue weighted by Crippen LogP contribution is 2.13. The molecular formula is C16H25NO3. The number of benzene rings is 1. The quantitative estimate of drug-likeness (QED) is 0.795. The summed E-state index contributed by atoms with van der Waals surface area (Å²) in [7, 11) is 1.65. The molecule has 0 radical (unpaired) electrons. The number of ether oxygens (including phenoxy) is 2. The average molecular weight is 279 g/mol. The number of nitrogens with one attached hydrogen (secondary N) is 1. The second-order valence-corrected chi connectivity index (χ2v) is 4.87. The molecule has 1 aromatic rings. The van der Waals surface area contributed by atoms with E-state index in [1.54, 1.807) is 7.11 Å². The first-order valence-electron chi connectivity index (χ1n) is 7.10. The monoisotopic (exact) mass is 279 g/mol. The van der Waals surface area contributed by atoms with Crippen LogP contribution in [0.15, 0.2) is 24.3 Å². The summed E-state index contributed by atoms with van der Waals surface area (Å²) in [5, 5.41) is 2.94. The minimum Gasteiger partial charge on any atom is -0.494 e. The van der Waals surface area contributed by atoms with Crippen molar-refractivity contribution < 1.29 is 14.3 Å². The first-order valence-corrected chi connectivity index (χ1v) is 7.10. The lowest BCUT2D eigenvalue weighted by molar-refractivity contribution is -0.122. The van der Waals surface area contributed by atoms with E-state index in [1.807, 2.05) is 45.0 Å². The summed E-state index contributed by atoms with van der Waals surface area (Å²) in [5.41, 5.74) is 1.14. The molecule has 0 spiro atoms. The van der Waals surface area contributed by atoms with Crippen molar-refractivity contribution in [3.05, 3.63) is 29.8 Å². The van der Waals surface area contributed by atoms with Crippen molar-refractivity contribution in [2.75, 3.05) is 13.7 Å². The van der Waals surface area contributed by atoms with Crippen molar-refractivity contribution in [2.45, 2.75) is 45.8 Å². The van der Waals surface area contributed by atoms with E-state index in [-0.39, 0.29) is 18.1 Å². The van der Waals surface area contributed by atoms with Crippen molar-refractivity contribution >= 4 is 5.91 Å². The highest BCUT2D eigenvalue weighted by molar-refractivity contribution is 5.76. The van der Waals surface area contributed by atoms with E-state index < -0.39 is 0 Å². The molecule has 0 bridgehead atoms. The maximum Gasteiger partial charge on any atom is 0.220 e. The van der Waals surface area contributed by atoms with Crippen molar-refractivity contribution in [2.24, 2.45) is 0 Å². The summed E-state index contributed by atoms with van der Waals surface area (Å²) in [5.74, 6) is 0.915. The van der Waals surface area contributed by atoms with Crippen molar-refractivity contribution in [1.82, 2.24) is 5.32 Å². The normalized spacial score (nSPS) is 13.6. The molecule has 1 amide bonds. The second kappa shape index (κ2) is 8.59. The first-order chi connectivity index (χ1) is 9.56. The van der Waals surface area contributed by atoms with Gasteiger partial charge in [0, 0.05) is 13.5 Å². The van der Waals surface area contributed by atoms with Gasteiger partial charge in [-0.1, -0.05) is 12.1 Å². The van der Waals surface area contributed by atoms with Gasteiger partial charge >= 0.3 is 0 Å². The molecule has 4 heteroatoms. The van der Waals surface area contributed by atoms with Gasteiger partial charge in [-0.3, -0.25) is 4.79 Å². The molecule has 0 saturated heterocycles. The fourth-order valence-corrected chi connectivity index (χ4v) is 1.82. The molecule has 1 aromatic carbocycles. The smallest absolute Gasteiger partial charge is 0.220 e. The summed E-state index contributed by atoms with van der Waals surface area (Å²) in [4.78, 5) is 11.8. The molecule has 0 aliphatic carbocycles. The molecule has 0 saturated carbocycles. The Labute approximate surface area is 121 Å². The van der Waals surface area contributed by atoms with E-state index in [4.69, 9.17) is 9.47 Å². The predicted octanol–water partition coefficient (Wildman–Crippen LogP) is 2.56. The minimum atomic E-state index is 0.0180. The van der Waals surface area contributed by atoms with Crippen molar-refractivity contribution in [3.8, 4) is 5.75 Å². The Morgan fingerprint density at radius 3 is 2.45 bits per heavy atom. The fourth-order valence-electron chi connectivity index (χ4n) is 1.82. The number of methoxy groups -OCH3 is 1. The number of aryl methyl sites for hydroxylation is 1. The molecule has 0 aliphatic rings. The average Bonchev–Trinajstić information content (AvgIpc) is 2.46. The van der Waals surface area contributed by atoms with Crippen LogP contribution in [0.5, 0.6) is 5.75 Å². The van der Waals surface area contributed by atoms with E-state index >= 15 is 0 Å². The number of amides is 1. The number of carbonyl (C=O) groups excluding carboxylic acids is 1. The Morgan fingerprint density at radius 1 is 1.25 bits per heavy atom. The molecule has 0 unspecified atom stereocenters. The van der Waals surface area contributed by atoms with Gasteiger partial charge in [-0.2, -0.15) is 0 Å². The van der Waals surface area contributed by atoms with Crippen LogP contribution in [-0.2, 0) is 16.0 Å². The van der Waals surface area contributed by atoms with Gasteiger partial charge in [0.25, 0.3) is 0 Å². The second-order valence-electron chi connectivity index (χ2n) is 4.87. The van der Waals surface area contributed by atoms with Crippen LogP contribution in [-0.4, -0.2) is 31.8 Å². The molecule has 4 nitrogen and oxygen atoms in total. The zero-order valence-electron chi connectivity index (χ0n) is 12.8. The summed E-state index contributed by atoms with van der Waals surface area (Å²) >= 11 is 0. The van der Waals surface area contributed by atoms with Crippen LogP contribution in [0, 0.1) is 0 Å². The number of hydrogen-bond donors (Lipinski definition) is 1. The summed E-state index contributed by atoms with van der Waals surface area (Å²) < 4.78 is 10.6. The van der Waals surface area contributed by atoms with Gasteiger partial charge in [-0.25, -0.2) is 0 Å². The predicted molar refractivity (Wildman–Crippen MR) is 80.0 cm³/mol. The fraction of sp³-hybridized carbons (Fsp3) is 0.562. The molecule has 0 fully saturated rings. The third-order valence-electron chi connectivity index (χ3n) is 3.34. The van der Waals surface area contributed by atoms with Gasteiger partial charge in [-0.05, 0) is 44.9 Å². The van der Waals surface area contributed by atoms with Crippen LogP contribution in [0.3, 0.4) is 0 Å². The molecule has 2 atom stereocenters. The highest BCUT2D eigenvalue weighted by atomic mass is 16.5. The van der Waals surface area contributed by atoms with Gasteiger partial charge < -0.3 is 14.8 Å². The van der Waals surface area contributed by atoms with Crippen LogP contribution in [0.2, 0.25) is 0 Å². The molecule has 0 aliphatic heterocycles. The standard InChI is InChI=1S/C16H25NO3/c1-5-20-15-9-6-14(7-10-15)8-11-16(18)17-12(2)13(3)19-4/h6-7,9-10,12-13H,5,8,11H2,1-4H3,(H,17,18)/t12-,13+/m0/s1. The van der Waals surface area contributed by atoms with E-state index in [9.17, 15) is 4.79 Å². The van der Waals surface area contributed by atoms with Gasteiger partial charge in [-0.15, -0.1) is 0 Å². The Kier molecular flexibility index (Phi) is 7.09. The highest BCUT2D eigenvalue weighted by Gasteiger charge is 2.13. The molecule has 0 aromatic heterocycles. The summed E-state index contributed by atoms with van der Waals surface area (Å²) in [6, 6.07) is 7.89. The molecule has 20 heavy (non-hydrogen) atoms. The lowest BCUT2D eigenvalue weighted by Gasteiger charge is -2.19. The topological polar surface area (TPSA) is 47.6 Å². The Hall–Kier alpha value is -1.55. The molecular weight excluding hydrogens is 254 g/mol. The van der Waals surface area contributed by atoms with Gasteiger partial charge in [0.05, 0.1) is 18.8 Å². The maximum absolute atomic E-state index is 11.8.